The first-order valence-electron chi connectivity index (χ1n) is 5.87. The molecule has 19 heavy (non-hydrogen) atoms. The Morgan fingerprint density at radius 3 is 2.58 bits per heavy atom. The third-order valence-corrected chi connectivity index (χ3v) is 4.71. The van der Waals surface area contributed by atoms with Gasteiger partial charge in [-0.05, 0) is 27.7 Å². The Morgan fingerprint density at radius 2 is 2.05 bits per heavy atom. The van der Waals surface area contributed by atoms with E-state index in [9.17, 15) is 10.1 Å². The lowest BCUT2D eigenvalue weighted by Gasteiger charge is -2.25. The zero-order chi connectivity index (χ0) is 14.4. The monoisotopic (exact) mass is 298 g/mol. The molecule has 1 aromatic rings. The summed E-state index contributed by atoms with van der Waals surface area (Å²) in [4.78, 5) is 12.4. The maximum Gasteiger partial charge on any atom is 0.239 e. The first-order valence-corrected chi connectivity index (χ1v) is 7.22. The lowest BCUT2D eigenvalue weighted by molar-refractivity contribution is -0.114. The number of carbonyl (C=O) groups is 1. The highest BCUT2D eigenvalue weighted by Gasteiger charge is 2.47. The Kier molecular flexibility index (Phi) is 3.38. The lowest BCUT2D eigenvalue weighted by atomic mass is 9.94. The van der Waals surface area contributed by atoms with Gasteiger partial charge in [-0.1, -0.05) is 0 Å². The van der Waals surface area contributed by atoms with Gasteiger partial charge in [0.2, 0.25) is 5.91 Å². The molecule has 0 saturated carbocycles. The smallest absolute Gasteiger partial charge is 0.239 e. The lowest BCUT2D eigenvalue weighted by Crippen LogP contribution is -2.23. The molecule has 6 heteroatoms. The second kappa shape index (κ2) is 4.48. The number of rotatable bonds is 2. The predicted molar refractivity (Wildman–Crippen MR) is 75.5 cm³/mol. The van der Waals surface area contributed by atoms with Gasteiger partial charge in [-0.2, -0.15) is 5.26 Å². The van der Waals surface area contributed by atoms with Crippen LogP contribution in [0.4, 0.5) is 5.00 Å². The number of fused-ring (bicyclic) bond motifs is 1. The molecule has 1 N–H and O–H groups in total. The number of halogens is 1. The molecular weight excluding hydrogens is 284 g/mol. The Labute approximate surface area is 121 Å². The van der Waals surface area contributed by atoms with Crippen molar-refractivity contribution in [2.24, 2.45) is 0 Å². The van der Waals surface area contributed by atoms with E-state index in [1.807, 2.05) is 27.7 Å². The maximum absolute atomic E-state index is 11.4. The predicted octanol–water partition coefficient (Wildman–Crippen LogP) is 3.30. The quantitative estimate of drug-likeness (QED) is 0.852. The number of amides is 1. The van der Waals surface area contributed by atoms with E-state index < -0.39 is 11.2 Å². The first kappa shape index (κ1) is 14.3. The van der Waals surface area contributed by atoms with Crippen molar-refractivity contribution < 1.29 is 9.53 Å². The molecule has 0 aliphatic carbocycles. The highest BCUT2D eigenvalue weighted by molar-refractivity contribution is 7.17. The van der Waals surface area contributed by atoms with Gasteiger partial charge in [-0.3, -0.25) is 4.79 Å². The van der Waals surface area contributed by atoms with Crippen molar-refractivity contribution in [3.8, 4) is 6.07 Å². The second-order valence-electron chi connectivity index (χ2n) is 5.43. The zero-order valence-electron chi connectivity index (χ0n) is 11.3. The van der Waals surface area contributed by atoms with Crippen LogP contribution in [-0.4, -0.2) is 11.8 Å². The summed E-state index contributed by atoms with van der Waals surface area (Å²) in [6, 6.07) is 2.17. The molecular formula is C13H15ClN2O2S. The van der Waals surface area contributed by atoms with Crippen LogP contribution in [0.3, 0.4) is 0 Å². The van der Waals surface area contributed by atoms with Crippen LogP contribution in [0, 0.1) is 11.3 Å². The molecule has 102 valence electrons. The number of thiophene rings is 1. The van der Waals surface area contributed by atoms with E-state index in [-0.39, 0.29) is 11.8 Å². The molecule has 0 bridgehead atoms. The molecule has 0 atom stereocenters. The second-order valence-corrected chi connectivity index (χ2v) is 6.71. The van der Waals surface area contributed by atoms with Gasteiger partial charge < -0.3 is 10.1 Å². The topological polar surface area (TPSA) is 62.1 Å². The Hall–Kier alpha value is -1.09. The number of alkyl halides is 1. The summed E-state index contributed by atoms with van der Waals surface area (Å²) in [6.07, 6.45) is 0. The van der Waals surface area contributed by atoms with Crippen molar-refractivity contribution in [1.82, 2.24) is 0 Å². The third-order valence-electron chi connectivity index (χ3n) is 3.05. The standard InChI is InChI=1S/C13H15ClN2O2S/c1-12(2)9-7(6-15)11(16-8(17)5-14)19-10(9)13(3,4)18-12/h5H2,1-4H3,(H,16,17). The minimum atomic E-state index is -0.537. The Morgan fingerprint density at radius 1 is 1.42 bits per heavy atom. The molecule has 2 rings (SSSR count). The Bertz CT molecular complexity index is 584. The van der Waals surface area contributed by atoms with Crippen LogP contribution >= 0.6 is 22.9 Å². The molecule has 2 heterocycles. The van der Waals surface area contributed by atoms with E-state index in [0.29, 0.717) is 10.6 Å². The number of nitriles is 1. The number of nitrogens with one attached hydrogen (secondary N) is 1. The number of carbonyl (C=O) groups excluding carboxylic acids is 1. The van der Waals surface area contributed by atoms with E-state index in [1.54, 1.807) is 0 Å². The van der Waals surface area contributed by atoms with Gasteiger partial charge in [0, 0.05) is 10.4 Å². The summed E-state index contributed by atoms with van der Waals surface area (Å²) in [5, 5.41) is 12.6. The summed E-state index contributed by atoms with van der Waals surface area (Å²) in [7, 11) is 0. The van der Waals surface area contributed by atoms with E-state index in [0.717, 1.165) is 10.4 Å². The molecule has 1 amide bonds. The highest BCUT2D eigenvalue weighted by atomic mass is 35.5. The van der Waals surface area contributed by atoms with Crippen LogP contribution in [0.1, 0.15) is 43.7 Å². The molecule has 1 aliphatic rings. The van der Waals surface area contributed by atoms with E-state index in [4.69, 9.17) is 16.3 Å². The van der Waals surface area contributed by atoms with Gasteiger partial charge in [0.15, 0.2) is 0 Å². The normalized spacial score (nSPS) is 18.7. The Balaban J connectivity index is 2.59. The van der Waals surface area contributed by atoms with Crippen molar-refractivity contribution in [1.29, 1.82) is 5.26 Å². The van der Waals surface area contributed by atoms with E-state index in [2.05, 4.69) is 11.4 Å². The minimum absolute atomic E-state index is 0.128. The van der Waals surface area contributed by atoms with Crippen LogP contribution in [-0.2, 0) is 20.7 Å². The molecule has 1 aliphatic heterocycles. The molecule has 0 unspecified atom stereocenters. The molecule has 0 radical (unpaired) electrons. The van der Waals surface area contributed by atoms with Crippen molar-refractivity contribution in [2.75, 3.05) is 11.2 Å². The minimum Gasteiger partial charge on any atom is -0.359 e. The number of hydrogen-bond donors (Lipinski definition) is 1. The molecule has 0 aromatic carbocycles. The van der Waals surface area contributed by atoms with E-state index in [1.165, 1.54) is 11.3 Å². The molecule has 0 saturated heterocycles. The number of anilines is 1. The average Bonchev–Trinajstić information content (AvgIpc) is 2.74. The fourth-order valence-corrected chi connectivity index (χ4v) is 3.94. The SMILES string of the molecule is CC1(C)OC(C)(C)c2c1sc(NC(=O)CCl)c2C#N. The summed E-state index contributed by atoms with van der Waals surface area (Å²) < 4.78 is 6.00. The van der Waals surface area contributed by atoms with Crippen molar-refractivity contribution in [3.63, 3.8) is 0 Å². The average molecular weight is 299 g/mol. The van der Waals surface area contributed by atoms with Gasteiger partial charge >= 0.3 is 0 Å². The molecule has 1 aromatic heterocycles. The highest BCUT2D eigenvalue weighted by Crippen LogP contribution is 2.53. The molecule has 4 nitrogen and oxygen atoms in total. The number of hydrogen-bond acceptors (Lipinski definition) is 4. The van der Waals surface area contributed by atoms with Crippen molar-refractivity contribution >= 4 is 33.8 Å². The largest absolute Gasteiger partial charge is 0.359 e. The van der Waals surface area contributed by atoms with Gasteiger partial charge in [-0.15, -0.1) is 22.9 Å². The van der Waals surface area contributed by atoms with Crippen LogP contribution < -0.4 is 5.32 Å². The van der Waals surface area contributed by atoms with Gasteiger partial charge in [0.05, 0.1) is 16.8 Å². The molecule has 0 spiro atoms. The first-order chi connectivity index (χ1) is 8.73. The van der Waals surface area contributed by atoms with Crippen molar-refractivity contribution in [2.45, 2.75) is 38.9 Å². The summed E-state index contributed by atoms with van der Waals surface area (Å²) in [5.41, 5.74) is 0.354. The fourth-order valence-electron chi connectivity index (χ4n) is 2.52. The molecule has 0 fully saturated rings. The fraction of sp³-hybridized carbons (Fsp3) is 0.538. The van der Waals surface area contributed by atoms with Gasteiger partial charge in [0.25, 0.3) is 0 Å². The number of ether oxygens (including phenoxy) is 1. The van der Waals surface area contributed by atoms with Crippen LogP contribution in [0.15, 0.2) is 0 Å². The van der Waals surface area contributed by atoms with Crippen LogP contribution in [0.2, 0.25) is 0 Å². The van der Waals surface area contributed by atoms with Gasteiger partial charge in [-0.25, -0.2) is 0 Å². The van der Waals surface area contributed by atoms with Crippen LogP contribution in [0.25, 0.3) is 0 Å². The van der Waals surface area contributed by atoms with Crippen molar-refractivity contribution in [3.05, 3.63) is 16.0 Å². The number of nitrogens with zero attached hydrogens (tertiary/aromatic N) is 1. The summed E-state index contributed by atoms with van der Waals surface area (Å²) in [5.74, 6) is -0.439. The summed E-state index contributed by atoms with van der Waals surface area (Å²) >= 11 is 6.88. The maximum atomic E-state index is 11.4. The van der Waals surface area contributed by atoms with E-state index >= 15 is 0 Å². The van der Waals surface area contributed by atoms with Crippen LogP contribution in [0.5, 0.6) is 0 Å². The zero-order valence-corrected chi connectivity index (χ0v) is 12.8. The summed E-state index contributed by atoms with van der Waals surface area (Å²) in [6.45, 7) is 7.79. The van der Waals surface area contributed by atoms with Gasteiger partial charge in [0.1, 0.15) is 17.0 Å². The third kappa shape index (κ3) is 2.25.